The van der Waals surface area contributed by atoms with Crippen LogP contribution in [-0.4, -0.2) is 26.3 Å². The van der Waals surface area contributed by atoms with Gasteiger partial charge in [-0.3, -0.25) is 9.48 Å². The lowest BCUT2D eigenvalue weighted by atomic mass is 9.42. The smallest absolute Gasteiger partial charge is 0.275 e. The van der Waals surface area contributed by atoms with Crippen LogP contribution in [0.1, 0.15) is 38.3 Å². The molecule has 1 aliphatic heterocycles. The van der Waals surface area contributed by atoms with Gasteiger partial charge in [0.2, 0.25) is 0 Å². The zero-order chi connectivity index (χ0) is 22.1. The number of fused-ring (bicyclic) bond motifs is 2. The summed E-state index contributed by atoms with van der Waals surface area (Å²) < 4.78 is 4.23. The topological polar surface area (TPSA) is 76.5 Å². The molecule has 4 heterocycles. The first-order valence-electron chi connectivity index (χ1n) is 10.9. The highest BCUT2D eigenvalue weighted by Gasteiger charge is 2.27. The van der Waals surface area contributed by atoms with Crippen molar-refractivity contribution in [3.8, 4) is 16.4 Å². The number of rotatable bonds is 2. The molecule has 6 nitrogen and oxygen atoms in total. The maximum Gasteiger partial charge on any atom is 0.284 e. The van der Waals surface area contributed by atoms with Crippen LogP contribution in [-0.2, 0) is 7.05 Å². The van der Waals surface area contributed by atoms with Gasteiger partial charge >= 0.3 is 0 Å². The summed E-state index contributed by atoms with van der Waals surface area (Å²) in [6.07, 6.45) is 7.19. The fourth-order valence-electron chi connectivity index (χ4n) is 4.37. The van der Waals surface area contributed by atoms with Crippen molar-refractivity contribution in [2.75, 3.05) is 0 Å². The van der Waals surface area contributed by atoms with Crippen LogP contribution in [0.25, 0.3) is 31.4 Å². The summed E-state index contributed by atoms with van der Waals surface area (Å²) in [6, 6.07) is 6.42. The molecule has 0 saturated carbocycles. The highest BCUT2D eigenvalue weighted by molar-refractivity contribution is 7.22. The Bertz CT molecular complexity index is 1340. The predicted molar refractivity (Wildman–Crippen MR) is 129 cm³/mol. The lowest BCUT2D eigenvalue weighted by Gasteiger charge is -2.23. The first kappa shape index (κ1) is 21.3. The van der Waals surface area contributed by atoms with E-state index < -0.39 is 0 Å². The van der Waals surface area contributed by atoms with Crippen molar-refractivity contribution in [3.05, 3.63) is 46.5 Å². The van der Waals surface area contributed by atoms with Gasteiger partial charge < -0.3 is 0 Å². The molecule has 0 radical (unpaired) electrons. The van der Waals surface area contributed by atoms with Crippen molar-refractivity contribution in [1.82, 2.24) is 19.6 Å². The highest BCUT2D eigenvalue weighted by Crippen LogP contribution is 2.35. The van der Waals surface area contributed by atoms with Gasteiger partial charge in [0.1, 0.15) is 4.70 Å². The van der Waals surface area contributed by atoms with Crippen molar-refractivity contribution in [2.45, 2.75) is 52.3 Å². The molecule has 31 heavy (non-hydrogen) atoms. The molecule has 0 spiro atoms. The number of thiophene rings is 1. The quantitative estimate of drug-likeness (QED) is 0.407. The minimum Gasteiger partial charge on any atom is -0.275 e. The Hall–Kier alpha value is -2.92. The average molecular weight is 431 g/mol. The van der Waals surface area contributed by atoms with Gasteiger partial charge in [-0.1, -0.05) is 26.5 Å². The summed E-state index contributed by atoms with van der Waals surface area (Å²) in [6.45, 7) is 6.18. The Morgan fingerprint density at radius 3 is 2.65 bits per heavy atom. The third kappa shape index (κ3) is 3.90. The van der Waals surface area contributed by atoms with E-state index in [-0.39, 0.29) is 18.3 Å². The van der Waals surface area contributed by atoms with Crippen LogP contribution in [0.15, 0.2) is 35.4 Å². The fraction of sp³-hybridized carbons (Fsp3) is 0.391. The van der Waals surface area contributed by atoms with Gasteiger partial charge in [-0.15, -0.1) is 11.3 Å². The summed E-state index contributed by atoms with van der Waals surface area (Å²) >= 11 is 1.53. The van der Waals surface area contributed by atoms with Gasteiger partial charge in [0.15, 0.2) is 0 Å². The molecule has 5 rings (SSSR count). The second-order valence-corrected chi connectivity index (χ2v) is 9.01. The molecule has 1 fully saturated rings. The molecule has 0 bridgehead atoms. The molecule has 3 aromatic heterocycles. The van der Waals surface area contributed by atoms with E-state index in [0.717, 1.165) is 62.5 Å². The molecule has 1 aromatic carbocycles. The van der Waals surface area contributed by atoms with Gasteiger partial charge in [-0.2, -0.15) is 10.2 Å². The minimum atomic E-state index is -0.0154. The monoisotopic (exact) mass is 431 g/mol. The molecule has 0 aliphatic carbocycles. The molecule has 158 valence electrons. The molecule has 0 N–H and O–H groups in total. The first-order valence-corrected chi connectivity index (χ1v) is 11.7. The molecule has 0 unspecified atom stereocenters. The van der Waals surface area contributed by atoms with Gasteiger partial charge in [-0.05, 0) is 49.1 Å². The number of aromatic nitrogens is 4. The number of hydrogen-bond acceptors (Lipinski definition) is 5. The highest BCUT2D eigenvalue weighted by atomic mass is 32.1. The summed E-state index contributed by atoms with van der Waals surface area (Å²) in [5.41, 5.74) is 3.22. The number of hydrogen-bond donors (Lipinski definition) is 0. The van der Waals surface area contributed by atoms with Crippen LogP contribution in [0.3, 0.4) is 0 Å². The van der Waals surface area contributed by atoms with E-state index in [2.05, 4.69) is 41.3 Å². The van der Waals surface area contributed by atoms with E-state index in [1.165, 1.54) is 11.3 Å². The third-order valence-corrected chi connectivity index (χ3v) is 7.10. The summed E-state index contributed by atoms with van der Waals surface area (Å²) in [4.78, 5) is 14.2. The standard InChI is InChI=1S/C21H20BN5OS.C2H6/c1-13-7-14(8-16-11-26(2)25-19(13)16)18-9-15-10-24-27(21(28)20(15)29-18)17-3-5-22(12-23)6-4-17;1-2/h7-11,17H,3-6H2,1-2H3;1-2H3. The summed E-state index contributed by atoms with van der Waals surface area (Å²) in [5, 5.41) is 20.1. The van der Waals surface area contributed by atoms with E-state index in [9.17, 15) is 4.79 Å². The SMILES string of the molecule is CC.Cc1cc(-c2cc3cnn(C4CCB(C#N)CC4)c(=O)c3s2)cc2cn(C)nc12. The van der Waals surface area contributed by atoms with Crippen LogP contribution in [0, 0.1) is 18.2 Å². The molecule has 1 aliphatic rings. The lowest BCUT2D eigenvalue weighted by Crippen LogP contribution is -2.31. The van der Waals surface area contributed by atoms with Crippen molar-refractivity contribution in [3.63, 3.8) is 0 Å². The van der Waals surface area contributed by atoms with Crippen LogP contribution in [0.4, 0.5) is 0 Å². The fourth-order valence-corrected chi connectivity index (χ4v) is 5.42. The zero-order valence-electron chi connectivity index (χ0n) is 18.4. The molecule has 4 aromatic rings. The van der Waals surface area contributed by atoms with Gasteiger partial charge in [-0.25, -0.2) is 9.94 Å². The maximum atomic E-state index is 13.1. The summed E-state index contributed by atoms with van der Waals surface area (Å²) in [7, 11) is 1.93. The van der Waals surface area contributed by atoms with E-state index in [4.69, 9.17) is 5.26 Å². The van der Waals surface area contributed by atoms with Gasteiger partial charge in [0.05, 0.1) is 17.8 Å². The Kier molecular flexibility index (Phi) is 5.97. The minimum absolute atomic E-state index is 0.0154. The molecule has 0 atom stereocenters. The Morgan fingerprint density at radius 1 is 1.19 bits per heavy atom. The van der Waals surface area contributed by atoms with E-state index in [1.54, 1.807) is 4.68 Å². The molecular weight excluding hydrogens is 405 g/mol. The van der Waals surface area contributed by atoms with Crippen LogP contribution < -0.4 is 5.56 Å². The van der Waals surface area contributed by atoms with Crippen molar-refractivity contribution < 1.29 is 0 Å². The number of nitrogens with zero attached hydrogens (tertiary/aromatic N) is 5. The second kappa shape index (κ2) is 8.68. The average Bonchev–Trinajstić information content (AvgIpc) is 3.39. The Balaban J connectivity index is 0.00000112. The normalized spacial score (nSPS) is 14.5. The predicted octanol–water partition coefficient (Wildman–Crippen LogP) is 5.24. The molecule has 8 heteroatoms. The van der Waals surface area contributed by atoms with Crippen molar-refractivity contribution >= 4 is 39.0 Å². The largest absolute Gasteiger partial charge is 0.284 e. The van der Waals surface area contributed by atoms with Crippen molar-refractivity contribution in [2.24, 2.45) is 7.05 Å². The van der Waals surface area contributed by atoms with Crippen LogP contribution in [0.5, 0.6) is 0 Å². The number of benzene rings is 1. The van der Waals surface area contributed by atoms with Crippen molar-refractivity contribution in [1.29, 1.82) is 5.26 Å². The molecular formula is C23H26BN5OS. The molecule has 1 saturated heterocycles. The van der Waals surface area contributed by atoms with Crippen LogP contribution in [0.2, 0.25) is 12.6 Å². The number of nitriles is 1. The number of aryl methyl sites for hydroxylation is 2. The van der Waals surface area contributed by atoms with Gasteiger partial charge in [0, 0.05) is 34.9 Å². The van der Waals surface area contributed by atoms with E-state index >= 15 is 0 Å². The second-order valence-electron chi connectivity index (χ2n) is 7.96. The maximum absolute atomic E-state index is 13.1. The first-order chi connectivity index (χ1) is 15.0. The van der Waals surface area contributed by atoms with E-state index in [1.807, 2.05) is 38.0 Å². The van der Waals surface area contributed by atoms with E-state index in [0.29, 0.717) is 0 Å². The van der Waals surface area contributed by atoms with Gasteiger partial charge in [0.25, 0.3) is 12.3 Å². The Morgan fingerprint density at radius 2 is 1.94 bits per heavy atom. The summed E-state index contributed by atoms with van der Waals surface area (Å²) in [5.74, 6) is 2.35. The van der Waals surface area contributed by atoms with Crippen LogP contribution >= 0.6 is 11.3 Å². The molecule has 0 amide bonds. The third-order valence-electron chi connectivity index (χ3n) is 5.91. The lowest BCUT2D eigenvalue weighted by molar-refractivity contribution is 0.400. The zero-order valence-corrected chi connectivity index (χ0v) is 19.2. The Labute approximate surface area is 186 Å².